The molecule has 0 radical (unpaired) electrons. The fourth-order valence-corrected chi connectivity index (χ4v) is 5.49. The highest BCUT2D eigenvalue weighted by Gasteiger charge is 2.33. The summed E-state index contributed by atoms with van der Waals surface area (Å²) >= 11 is 1.85. The van der Waals surface area contributed by atoms with E-state index < -0.39 is 0 Å². The van der Waals surface area contributed by atoms with E-state index in [4.69, 9.17) is 4.98 Å². The molecule has 6 heteroatoms. The van der Waals surface area contributed by atoms with Crippen LogP contribution in [0.1, 0.15) is 53.2 Å². The average molecular weight is 412 g/mol. The lowest BCUT2D eigenvalue weighted by atomic mass is 10.0. The number of rotatable bonds is 7. The Hall–Kier alpha value is -2.21. The predicted octanol–water partition coefficient (Wildman–Crippen LogP) is 3.30. The monoisotopic (exact) mass is 411 g/mol. The van der Waals surface area contributed by atoms with Gasteiger partial charge in [0.05, 0.1) is 17.1 Å². The summed E-state index contributed by atoms with van der Waals surface area (Å²) < 4.78 is 0. The van der Waals surface area contributed by atoms with Gasteiger partial charge in [0.1, 0.15) is 6.04 Å². The molecule has 1 N–H and O–H groups in total. The van der Waals surface area contributed by atoms with Gasteiger partial charge >= 0.3 is 0 Å². The van der Waals surface area contributed by atoms with Crippen molar-refractivity contribution in [3.63, 3.8) is 0 Å². The zero-order chi connectivity index (χ0) is 20.1. The molecule has 1 aliphatic carbocycles. The van der Waals surface area contributed by atoms with E-state index in [-0.39, 0.29) is 17.9 Å². The van der Waals surface area contributed by atoms with Crippen LogP contribution in [-0.2, 0) is 35.3 Å². The van der Waals surface area contributed by atoms with Crippen LogP contribution in [0.4, 0.5) is 0 Å². The SMILES string of the molecule is O=C(NCCCc1nc2c(s1)CCCC2)C1CCCN1C(=O)Cc1ccccc1. The van der Waals surface area contributed by atoms with Crippen LogP contribution >= 0.6 is 11.3 Å². The number of thiazole rings is 1. The summed E-state index contributed by atoms with van der Waals surface area (Å²) in [4.78, 5) is 33.3. The molecule has 2 aromatic rings. The molecular formula is C23H29N3O2S. The number of amides is 2. The van der Waals surface area contributed by atoms with Crippen LogP contribution in [0.3, 0.4) is 0 Å². The van der Waals surface area contributed by atoms with Crippen LogP contribution in [0.2, 0.25) is 0 Å². The molecule has 1 atom stereocenters. The highest BCUT2D eigenvalue weighted by atomic mass is 32.1. The van der Waals surface area contributed by atoms with E-state index in [1.54, 1.807) is 4.90 Å². The first-order valence-corrected chi connectivity index (χ1v) is 11.6. The van der Waals surface area contributed by atoms with Gasteiger partial charge in [-0.25, -0.2) is 4.98 Å². The first kappa shape index (κ1) is 20.1. The topological polar surface area (TPSA) is 62.3 Å². The van der Waals surface area contributed by atoms with Gasteiger partial charge in [0, 0.05) is 24.4 Å². The number of nitrogens with one attached hydrogen (secondary N) is 1. The number of hydrogen-bond donors (Lipinski definition) is 1. The van der Waals surface area contributed by atoms with Gasteiger partial charge in [0.15, 0.2) is 0 Å². The third kappa shape index (κ3) is 5.04. The Morgan fingerprint density at radius 3 is 2.79 bits per heavy atom. The van der Waals surface area contributed by atoms with E-state index in [1.807, 2.05) is 41.7 Å². The largest absolute Gasteiger partial charge is 0.354 e. The van der Waals surface area contributed by atoms with Crippen LogP contribution < -0.4 is 5.32 Å². The van der Waals surface area contributed by atoms with Gasteiger partial charge in [-0.3, -0.25) is 9.59 Å². The minimum absolute atomic E-state index is 0.0117. The first-order chi connectivity index (χ1) is 14.2. The molecule has 1 unspecified atom stereocenters. The molecule has 0 spiro atoms. The molecule has 2 amide bonds. The normalized spacial score (nSPS) is 18.5. The second-order valence-corrected chi connectivity index (χ2v) is 9.15. The van der Waals surface area contributed by atoms with Crippen LogP contribution in [-0.4, -0.2) is 40.8 Å². The number of aromatic nitrogens is 1. The molecule has 154 valence electrons. The van der Waals surface area contributed by atoms with Crippen LogP contribution in [0.25, 0.3) is 0 Å². The van der Waals surface area contributed by atoms with Crippen molar-refractivity contribution in [2.24, 2.45) is 0 Å². The smallest absolute Gasteiger partial charge is 0.242 e. The van der Waals surface area contributed by atoms with Gasteiger partial charge in [0.2, 0.25) is 11.8 Å². The summed E-state index contributed by atoms with van der Waals surface area (Å²) in [6, 6.07) is 9.42. The van der Waals surface area contributed by atoms with Crippen molar-refractivity contribution in [2.45, 2.75) is 63.8 Å². The van der Waals surface area contributed by atoms with Crippen molar-refractivity contribution in [1.82, 2.24) is 15.2 Å². The zero-order valence-electron chi connectivity index (χ0n) is 16.9. The quantitative estimate of drug-likeness (QED) is 0.711. The molecule has 1 aliphatic heterocycles. The molecule has 2 heterocycles. The van der Waals surface area contributed by atoms with Crippen molar-refractivity contribution in [2.75, 3.05) is 13.1 Å². The highest BCUT2D eigenvalue weighted by molar-refractivity contribution is 7.11. The van der Waals surface area contributed by atoms with Crippen molar-refractivity contribution in [3.05, 3.63) is 51.5 Å². The second kappa shape index (κ2) is 9.53. The maximum absolute atomic E-state index is 12.7. The van der Waals surface area contributed by atoms with Crippen LogP contribution in [0.5, 0.6) is 0 Å². The minimum Gasteiger partial charge on any atom is -0.354 e. The van der Waals surface area contributed by atoms with E-state index in [9.17, 15) is 9.59 Å². The lowest BCUT2D eigenvalue weighted by Gasteiger charge is -2.24. The number of likely N-dealkylation sites (tertiary alicyclic amines) is 1. The maximum atomic E-state index is 12.7. The van der Waals surface area contributed by atoms with Crippen LogP contribution in [0, 0.1) is 0 Å². The minimum atomic E-state index is -0.321. The van der Waals surface area contributed by atoms with E-state index in [1.165, 1.54) is 34.8 Å². The third-order valence-electron chi connectivity index (χ3n) is 5.83. The number of carbonyl (C=O) groups is 2. The summed E-state index contributed by atoms with van der Waals surface area (Å²) in [5, 5.41) is 4.25. The molecule has 2 aliphatic rings. The summed E-state index contributed by atoms with van der Waals surface area (Å²) in [5.41, 5.74) is 2.30. The standard InChI is InChI=1S/C23H29N3O2S/c27-22(16-17-8-2-1-3-9-17)26-15-7-11-19(26)23(28)24-14-6-13-21-25-18-10-4-5-12-20(18)29-21/h1-3,8-9,19H,4-7,10-16H2,(H,24,28). The average Bonchev–Trinajstić information content (AvgIpc) is 3.38. The Morgan fingerprint density at radius 2 is 1.97 bits per heavy atom. The molecule has 4 rings (SSSR count). The van der Waals surface area contributed by atoms with Gasteiger partial charge in [-0.1, -0.05) is 30.3 Å². The van der Waals surface area contributed by atoms with Crippen LogP contribution in [0.15, 0.2) is 30.3 Å². The molecule has 1 aromatic carbocycles. The summed E-state index contributed by atoms with van der Waals surface area (Å²) in [6.07, 6.45) is 8.66. The van der Waals surface area contributed by atoms with Gasteiger partial charge < -0.3 is 10.2 Å². The predicted molar refractivity (Wildman–Crippen MR) is 115 cm³/mol. The van der Waals surface area contributed by atoms with E-state index in [2.05, 4.69) is 5.32 Å². The van der Waals surface area contributed by atoms with E-state index in [0.29, 0.717) is 19.5 Å². The second-order valence-electron chi connectivity index (χ2n) is 7.99. The van der Waals surface area contributed by atoms with E-state index >= 15 is 0 Å². The molecular weight excluding hydrogens is 382 g/mol. The summed E-state index contributed by atoms with van der Waals surface area (Å²) in [5.74, 6) is 0.0320. The molecule has 1 saturated heterocycles. The van der Waals surface area contributed by atoms with Gasteiger partial charge in [0.25, 0.3) is 0 Å². The van der Waals surface area contributed by atoms with Crippen molar-refractivity contribution >= 4 is 23.2 Å². The number of aryl methyl sites for hydroxylation is 3. The summed E-state index contributed by atoms with van der Waals surface area (Å²) in [6.45, 7) is 1.31. The van der Waals surface area contributed by atoms with Gasteiger partial charge in [-0.2, -0.15) is 0 Å². The molecule has 1 fully saturated rings. The molecule has 5 nitrogen and oxygen atoms in total. The number of benzene rings is 1. The Labute approximate surface area is 176 Å². The molecule has 29 heavy (non-hydrogen) atoms. The van der Waals surface area contributed by atoms with Crippen molar-refractivity contribution < 1.29 is 9.59 Å². The Bertz CT molecular complexity index is 826. The number of nitrogens with zero attached hydrogens (tertiary/aromatic N) is 2. The molecule has 0 saturated carbocycles. The Kier molecular flexibility index (Phi) is 6.60. The zero-order valence-corrected chi connectivity index (χ0v) is 17.7. The fraction of sp³-hybridized carbons (Fsp3) is 0.522. The molecule has 1 aromatic heterocycles. The lowest BCUT2D eigenvalue weighted by molar-refractivity contribution is -0.137. The van der Waals surface area contributed by atoms with Gasteiger partial charge in [-0.15, -0.1) is 11.3 Å². The summed E-state index contributed by atoms with van der Waals surface area (Å²) in [7, 11) is 0. The maximum Gasteiger partial charge on any atom is 0.242 e. The fourth-order valence-electron chi connectivity index (χ4n) is 4.29. The van der Waals surface area contributed by atoms with Crippen molar-refractivity contribution in [3.8, 4) is 0 Å². The molecule has 0 bridgehead atoms. The van der Waals surface area contributed by atoms with E-state index in [0.717, 1.165) is 37.7 Å². The third-order valence-corrected chi connectivity index (χ3v) is 7.05. The Balaban J connectivity index is 1.23. The number of fused-ring (bicyclic) bond motifs is 1. The first-order valence-electron chi connectivity index (χ1n) is 10.8. The van der Waals surface area contributed by atoms with Gasteiger partial charge in [-0.05, 0) is 50.5 Å². The number of carbonyl (C=O) groups excluding carboxylic acids is 2. The Morgan fingerprint density at radius 1 is 1.14 bits per heavy atom. The number of hydrogen-bond acceptors (Lipinski definition) is 4. The highest BCUT2D eigenvalue weighted by Crippen LogP contribution is 2.27. The lowest BCUT2D eigenvalue weighted by Crippen LogP contribution is -2.46. The van der Waals surface area contributed by atoms with Crippen molar-refractivity contribution in [1.29, 1.82) is 0 Å².